The van der Waals surface area contributed by atoms with Crippen molar-refractivity contribution in [3.63, 3.8) is 0 Å². The molecule has 1 amide bonds. The highest BCUT2D eigenvalue weighted by Crippen LogP contribution is 1.98. The maximum absolute atomic E-state index is 11.3. The Balaban J connectivity index is 2.35. The Morgan fingerprint density at radius 1 is 1.85 bits per heavy atom. The highest BCUT2D eigenvalue weighted by atomic mass is 35.5. The summed E-state index contributed by atoms with van der Waals surface area (Å²) in [6.07, 6.45) is 0. The van der Waals surface area contributed by atoms with Gasteiger partial charge in [0, 0.05) is 17.8 Å². The van der Waals surface area contributed by atoms with Gasteiger partial charge in [0.05, 0.1) is 0 Å². The van der Waals surface area contributed by atoms with Crippen molar-refractivity contribution in [2.45, 2.75) is 6.92 Å². The molecule has 0 saturated carbocycles. The van der Waals surface area contributed by atoms with E-state index in [0.29, 0.717) is 18.1 Å². The molecule has 0 spiro atoms. The second-order valence-corrected chi connectivity index (χ2v) is 3.68. The first kappa shape index (κ1) is 10.4. The van der Waals surface area contributed by atoms with Crippen LogP contribution < -0.4 is 5.32 Å². The lowest BCUT2D eigenvalue weighted by molar-refractivity contribution is 0.0944. The second-order valence-electron chi connectivity index (χ2n) is 2.76. The van der Waals surface area contributed by atoms with Gasteiger partial charge in [0.2, 0.25) is 0 Å². The third-order valence-corrected chi connectivity index (χ3v) is 2.50. The van der Waals surface area contributed by atoms with E-state index in [-0.39, 0.29) is 11.8 Å². The summed E-state index contributed by atoms with van der Waals surface area (Å²) in [5.74, 6) is 0.623. The van der Waals surface area contributed by atoms with Crippen molar-refractivity contribution in [1.29, 1.82) is 0 Å². The first-order valence-corrected chi connectivity index (χ1v) is 5.22. The van der Waals surface area contributed by atoms with Crippen LogP contribution >= 0.6 is 23.1 Å². The summed E-state index contributed by atoms with van der Waals surface area (Å²) in [6, 6.07) is 0. The highest BCUT2D eigenvalue weighted by molar-refractivity contribution is 7.03. The molecule has 1 N–H and O–H groups in total. The molecule has 0 saturated heterocycles. The van der Waals surface area contributed by atoms with Gasteiger partial charge < -0.3 is 5.32 Å². The average Bonchev–Trinajstić information content (AvgIpc) is 2.66. The minimum Gasteiger partial charge on any atom is -0.350 e. The van der Waals surface area contributed by atoms with Crippen LogP contribution in [0.15, 0.2) is 5.38 Å². The quantitative estimate of drug-likeness (QED) is 0.773. The molecular weight excluding hydrogens is 210 g/mol. The van der Waals surface area contributed by atoms with Gasteiger partial charge in [-0.2, -0.15) is 0 Å². The van der Waals surface area contributed by atoms with Crippen molar-refractivity contribution >= 4 is 29.0 Å². The lowest BCUT2D eigenvalue weighted by Gasteiger charge is -2.07. The SMILES string of the molecule is CC(CCl)CNC(=O)c1csnn1. The van der Waals surface area contributed by atoms with Crippen molar-refractivity contribution < 1.29 is 4.79 Å². The summed E-state index contributed by atoms with van der Waals surface area (Å²) in [5, 5.41) is 7.97. The van der Waals surface area contributed by atoms with Gasteiger partial charge in [0.15, 0.2) is 5.69 Å². The van der Waals surface area contributed by atoms with Gasteiger partial charge in [-0.05, 0) is 17.5 Å². The van der Waals surface area contributed by atoms with E-state index in [0.717, 1.165) is 11.5 Å². The van der Waals surface area contributed by atoms with Crippen LogP contribution in [0.25, 0.3) is 0 Å². The highest BCUT2D eigenvalue weighted by Gasteiger charge is 2.09. The van der Waals surface area contributed by atoms with Gasteiger partial charge in [-0.1, -0.05) is 11.4 Å². The largest absolute Gasteiger partial charge is 0.350 e. The molecule has 72 valence electrons. The zero-order valence-corrected chi connectivity index (χ0v) is 8.73. The molecule has 0 bridgehead atoms. The molecule has 1 unspecified atom stereocenters. The van der Waals surface area contributed by atoms with E-state index >= 15 is 0 Å². The van der Waals surface area contributed by atoms with Crippen molar-refractivity contribution in [1.82, 2.24) is 14.9 Å². The van der Waals surface area contributed by atoms with Gasteiger partial charge in [-0.15, -0.1) is 16.7 Å². The third-order valence-electron chi connectivity index (χ3n) is 1.47. The maximum atomic E-state index is 11.3. The monoisotopic (exact) mass is 219 g/mol. The molecule has 0 radical (unpaired) electrons. The molecule has 4 nitrogen and oxygen atoms in total. The van der Waals surface area contributed by atoms with Crippen LogP contribution in [-0.4, -0.2) is 27.9 Å². The Labute approximate surface area is 85.5 Å². The maximum Gasteiger partial charge on any atom is 0.272 e. The summed E-state index contributed by atoms with van der Waals surface area (Å²) in [5.41, 5.74) is 0.367. The number of nitrogens with zero attached hydrogens (tertiary/aromatic N) is 2. The Morgan fingerprint density at radius 2 is 2.62 bits per heavy atom. The lowest BCUT2D eigenvalue weighted by atomic mass is 10.2. The summed E-state index contributed by atoms with van der Waals surface area (Å²) in [4.78, 5) is 11.3. The molecular formula is C7H10ClN3OS. The van der Waals surface area contributed by atoms with Crippen LogP contribution in [0.3, 0.4) is 0 Å². The third kappa shape index (κ3) is 3.28. The van der Waals surface area contributed by atoms with Crippen molar-refractivity contribution in [2.75, 3.05) is 12.4 Å². The Bertz CT molecular complexity index is 265. The van der Waals surface area contributed by atoms with Crippen molar-refractivity contribution in [3.8, 4) is 0 Å². The fraction of sp³-hybridized carbons (Fsp3) is 0.571. The smallest absolute Gasteiger partial charge is 0.272 e. The molecule has 0 aromatic carbocycles. The Hall–Kier alpha value is -0.680. The van der Waals surface area contributed by atoms with E-state index in [1.807, 2.05) is 6.92 Å². The van der Waals surface area contributed by atoms with Crippen LogP contribution in [0.2, 0.25) is 0 Å². The Morgan fingerprint density at radius 3 is 3.15 bits per heavy atom. The zero-order chi connectivity index (χ0) is 9.68. The molecule has 0 fully saturated rings. The Kier molecular flexibility index (Phi) is 4.11. The lowest BCUT2D eigenvalue weighted by Crippen LogP contribution is -2.29. The van der Waals surface area contributed by atoms with E-state index in [4.69, 9.17) is 11.6 Å². The molecule has 1 heterocycles. The van der Waals surface area contributed by atoms with Gasteiger partial charge in [0.25, 0.3) is 5.91 Å². The number of hydrogen-bond acceptors (Lipinski definition) is 4. The van der Waals surface area contributed by atoms with E-state index in [9.17, 15) is 4.79 Å². The predicted molar refractivity (Wildman–Crippen MR) is 52.1 cm³/mol. The summed E-state index contributed by atoms with van der Waals surface area (Å²) in [6.45, 7) is 2.53. The number of rotatable bonds is 4. The molecule has 1 rings (SSSR count). The number of halogens is 1. The number of amides is 1. The van der Waals surface area contributed by atoms with Crippen LogP contribution in [0.5, 0.6) is 0 Å². The molecule has 0 aliphatic carbocycles. The predicted octanol–water partition coefficient (Wildman–Crippen LogP) is 1.14. The number of carbonyl (C=O) groups excluding carboxylic acids is 1. The van der Waals surface area contributed by atoms with Crippen molar-refractivity contribution in [2.24, 2.45) is 5.92 Å². The van der Waals surface area contributed by atoms with Crippen LogP contribution in [-0.2, 0) is 0 Å². The fourth-order valence-electron chi connectivity index (χ4n) is 0.676. The molecule has 1 aromatic rings. The van der Waals surface area contributed by atoms with E-state index < -0.39 is 0 Å². The van der Waals surface area contributed by atoms with Gasteiger partial charge in [0.1, 0.15) is 0 Å². The minimum atomic E-state index is -0.189. The molecule has 1 aromatic heterocycles. The average molecular weight is 220 g/mol. The van der Waals surface area contributed by atoms with Gasteiger partial charge in [-0.3, -0.25) is 4.79 Å². The topological polar surface area (TPSA) is 54.9 Å². The molecule has 1 atom stereocenters. The van der Waals surface area contributed by atoms with E-state index in [2.05, 4.69) is 14.9 Å². The molecule has 0 aliphatic heterocycles. The normalized spacial score (nSPS) is 12.5. The van der Waals surface area contributed by atoms with Gasteiger partial charge in [-0.25, -0.2) is 0 Å². The summed E-state index contributed by atoms with van der Waals surface area (Å²) >= 11 is 6.74. The number of nitrogens with one attached hydrogen (secondary N) is 1. The van der Waals surface area contributed by atoms with Crippen LogP contribution in [0.4, 0.5) is 0 Å². The van der Waals surface area contributed by atoms with E-state index in [1.165, 1.54) is 0 Å². The first-order chi connectivity index (χ1) is 6.24. The van der Waals surface area contributed by atoms with E-state index in [1.54, 1.807) is 5.38 Å². The minimum absolute atomic E-state index is 0.189. The van der Waals surface area contributed by atoms with Crippen LogP contribution in [0.1, 0.15) is 17.4 Å². The molecule has 0 aliphatic rings. The van der Waals surface area contributed by atoms with Crippen LogP contribution in [0, 0.1) is 5.92 Å². The van der Waals surface area contributed by atoms with Gasteiger partial charge >= 0.3 is 0 Å². The fourth-order valence-corrected chi connectivity index (χ4v) is 1.22. The number of hydrogen-bond donors (Lipinski definition) is 1. The zero-order valence-electron chi connectivity index (χ0n) is 7.16. The first-order valence-electron chi connectivity index (χ1n) is 3.85. The summed E-state index contributed by atoms with van der Waals surface area (Å²) in [7, 11) is 0. The standard InChI is InChI=1S/C7H10ClN3OS/c1-5(2-8)3-9-7(12)6-4-13-11-10-6/h4-5H,2-3H2,1H3,(H,9,12). The number of carbonyl (C=O) groups is 1. The second kappa shape index (κ2) is 5.14. The molecule has 13 heavy (non-hydrogen) atoms. The van der Waals surface area contributed by atoms with Crippen molar-refractivity contribution in [3.05, 3.63) is 11.1 Å². The number of aromatic nitrogens is 2. The number of alkyl halides is 1. The summed E-state index contributed by atoms with van der Waals surface area (Å²) < 4.78 is 3.60. The molecule has 6 heteroatoms.